The van der Waals surface area contributed by atoms with E-state index in [0.717, 1.165) is 17.7 Å². The van der Waals surface area contributed by atoms with Crippen molar-refractivity contribution in [2.45, 2.75) is 31.6 Å². The maximum Gasteiger partial charge on any atom is 0.273 e. The molecule has 8 heteroatoms. The molecule has 0 aliphatic carbocycles. The Labute approximate surface area is 139 Å². The summed E-state index contributed by atoms with van der Waals surface area (Å²) < 4.78 is 41.4. The van der Waals surface area contributed by atoms with Crippen LogP contribution < -0.4 is 4.72 Å². The summed E-state index contributed by atoms with van der Waals surface area (Å²) in [6.07, 6.45) is 0. The third-order valence-electron chi connectivity index (χ3n) is 3.56. The van der Waals surface area contributed by atoms with Crippen molar-refractivity contribution in [3.63, 3.8) is 0 Å². The standard InChI is InChI=1S/C16H17FN2O4S/c1-10(2)12-6-4-5-7-14(12)18-24(22,23)16-9-15(19(20)21)11(3)8-13(16)17/h4-10,18H,1-3H3. The van der Waals surface area contributed by atoms with Crippen molar-refractivity contribution in [1.82, 2.24) is 0 Å². The normalized spacial score (nSPS) is 11.5. The molecule has 2 aromatic carbocycles. The van der Waals surface area contributed by atoms with Crippen LogP contribution in [0.5, 0.6) is 0 Å². The van der Waals surface area contributed by atoms with Gasteiger partial charge >= 0.3 is 0 Å². The molecule has 128 valence electrons. The van der Waals surface area contributed by atoms with E-state index in [1.807, 2.05) is 13.8 Å². The second kappa shape index (κ2) is 6.56. The summed E-state index contributed by atoms with van der Waals surface area (Å²) in [5, 5.41) is 11.0. The lowest BCUT2D eigenvalue weighted by Gasteiger charge is -2.15. The van der Waals surface area contributed by atoms with Gasteiger partial charge in [-0.1, -0.05) is 32.0 Å². The number of hydrogen-bond donors (Lipinski definition) is 1. The van der Waals surface area contributed by atoms with Crippen LogP contribution in [-0.2, 0) is 10.0 Å². The van der Waals surface area contributed by atoms with Crippen LogP contribution in [0.15, 0.2) is 41.3 Å². The van der Waals surface area contributed by atoms with Crippen LogP contribution in [0.4, 0.5) is 15.8 Å². The third kappa shape index (κ3) is 3.53. The minimum absolute atomic E-state index is 0.0427. The van der Waals surface area contributed by atoms with E-state index < -0.39 is 31.3 Å². The molecular formula is C16H17FN2O4S. The number of nitrogens with one attached hydrogen (secondary N) is 1. The summed E-state index contributed by atoms with van der Waals surface area (Å²) in [5.74, 6) is -0.992. The lowest BCUT2D eigenvalue weighted by Crippen LogP contribution is -2.16. The number of hydrogen-bond acceptors (Lipinski definition) is 4. The van der Waals surface area contributed by atoms with E-state index >= 15 is 0 Å². The third-order valence-corrected chi connectivity index (χ3v) is 4.94. The molecule has 0 aliphatic heterocycles. The highest BCUT2D eigenvalue weighted by Gasteiger charge is 2.25. The zero-order chi connectivity index (χ0) is 18.1. The fourth-order valence-corrected chi connectivity index (χ4v) is 3.51. The fraction of sp³-hybridized carbons (Fsp3) is 0.250. The number of sulfonamides is 1. The molecule has 0 fully saturated rings. The fourth-order valence-electron chi connectivity index (χ4n) is 2.34. The van der Waals surface area contributed by atoms with Crippen LogP contribution in [-0.4, -0.2) is 13.3 Å². The summed E-state index contributed by atoms with van der Waals surface area (Å²) in [5.41, 5.74) is 0.658. The predicted octanol–water partition coefficient (Wildman–Crippen LogP) is 3.97. The van der Waals surface area contributed by atoms with Crippen LogP contribution in [0.2, 0.25) is 0 Å². The maximum absolute atomic E-state index is 14.1. The quantitative estimate of drug-likeness (QED) is 0.651. The Bertz CT molecular complexity index is 895. The number of para-hydroxylation sites is 1. The second-order valence-corrected chi connectivity index (χ2v) is 7.32. The molecule has 0 heterocycles. The first-order valence-electron chi connectivity index (χ1n) is 7.19. The number of rotatable bonds is 5. The topological polar surface area (TPSA) is 89.3 Å². The van der Waals surface area contributed by atoms with E-state index in [-0.39, 0.29) is 11.5 Å². The predicted molar refractivity (Wildman–Crippen MR) is 89.1 cm³/mol. The molecule has 6 nitrogen and oxygen atoms in total. The first-order valence-corrected chi connectivity index (χ1v) is 8.68. The first-order chi connectivity index (χ1) is 11.1. The maximum atomic E-state index is 14.1. The smallest absolute Gasteiger partial charge is 0.273 e. The van der Waals surface area contributed by atoms with Crippen molar-refractivity contribution in [2.24, 2.45) is 0 Å². The Kier molecular flexibility index (Phi) is 4.88. The van der Waals surface area contributed by atoms with Crippen LogP contribution >= 0.6 is 0 Å². The highest BCUT2D eigenvalue weighted by Crippen LogP contribution is 2.29. The highest BCUT2D eigenvalue weighted by atomic mass is 32.2. The molecule has 2 rings (SSSR count). The largest absolute Gasteiger partial charge is 0.279 e. The minimum Gasteiger partial charge on any atom is -0.279 e. The molecule has 0 aromatic heterocycles. The number of nitro groups is 1. The van der Waals surface area contributed by atoms with Gasteiger partial charge in [0.1, 0.15) is 10.7 Å². The summed E-state index contributed by atoms with van der Waals surface area (Å²) in [6, 6.07) is 8.33. The van der Waals surface area contributed by atoms with Gasteiger partial charge in [-0.15, -0.1) is 0 Å². The first kappa shape index (κ1) is 17.9. The molecule has 0 atom stereocenters. The van der Waals surface area contributed by atoms with Crippen molar-refractivity contribution < 1.29 is 17.7 Å². The number of nitro benzene ring substituents is 1. The Balaban J connectivity index is 2.53. The highest BCUT2D eigenvalue weighted by molar-refractivity contribution is 7.92. The summed E-state index contributed by atoms with van der Waals surface area (Å²) >= 11 is 0. The monoisotopic (exact) mass is 352 g/mol. The molecule has 1 N–H and O–H groups in total. The molecule has 0 saturated carbocycles. The van der Waals surface area contributed by atoms with Gasteiger partial charge in [0.2, 0.25) is 0 Å². The van der Waals surface area contributed by atoms with Gasteiger partial charge in [-0.05, 0) is 30.5 Å². The van der Waals surface area contributed by atoms with Crippen LogP contribution in [0.1, 0.15) is 30.9 Å². The van der Waals surface area contributed by atoms with Crippen LogP contribution in [0.3, 0.4) is 0 Å². The zero-order valence-electron chi connectivity index (χ0n) is 13.4. The lowest BCUT2D eigenvalue weighted by atomic mass is 10.0. The molecular weight excluding hydrogens is 335 g/mol. The summed E-state index contributed by atoms with van der Waals surface area (Å²) in [4.78, 5) is 9.49. The van der Waals surface area contributed by atoms with Gasteiger partial charge in [0.25, 0.3) is 15.7 Å². The molecule has 0 aliphatic rings. The van der Waals surface area contributed by atoms with E-state index in [4.69, 9.17) is 0 Å². The number of halogens is 1. The van der Waals surface area contributed by atoms with Crippen molar-refractivity contribution in [2.75, 3.05) is 4.72 Å². The molecule has 0 bridgehead atoms. The van der Waals surface area contributed by atoms with Gasteiger partial charge < -0.3 is 0 Å². The summed E-state index contributed by atoms with van der Waals surface area (Å²) in [6.45, 7) is 5.13. The van der Waals surface area contributed by atoms with Gasteiger partial charge in [-0.25, -0.2) is 12.8 Å². The second-order valence-electron chi connectivity index (χ2n) is 5.67. The Morgan fingerprint density at radius 2 is 1.83 bits per heavy atom. The Morgan fingerprint density at radius 3 is 2.42 bits per heavy atom. The van der Waals surface area contributed by atoms with E-state index in [1.165, 1.54) is 6.92 Å². The number of nitrogens with zero attached hydrogens (tertiary/aromatic N) is 1. The molecule has 24 heavy (non-hydrogen) atoms. The van der Waals surface area contributed by atoms with E-state index in [9.17, 15) is 22.9 Å². The van der Waals surface area contributed by atoms with Crippen LogP contribution in [0.25, 0.3) is 0 Å². The molecule has 0 amide bonds. The van der Waals surface area contributed by atoms with Gasteiger partial charge in [0.05, 0.1) is 10.6 Å². The van der Waals surface area contributed by atoms with Gasteiger partial charge in [-0.3, -0.25) is 14.8 Å². The Morgan fingerprint density at radius 1 is 1.21 bits per heavy atom. The van der Waals surface area contributed by atoms with Crippen molar-refractivity contribution in [3.05, 3.63) is 63.5 Å². The SMILES string of the molecule is Cc1cc(F)c(S(=O)(=O)Nc2ccccc2C(C)C)cc1[N+](=O)[O-]. The lowest BCUT2D eigenvalue weighted by molar-refractivity contribution is -0.385. The number of benzene rings is 2. The molecule has 2 aromatic rings. The average molecular weight is 352 g/mol. The van der Waals surface area contributed by atoms with Gasteiger partial charge in [0, 0.05) is 11.6 Å². The average Bonchev–Trinajstić information content (AvgIpc) is 2.46. The molecule has 0 spiro atoms. The Hall–Kier alpha value is -2.48. The summed E-state index contributed by atoms with van der Waals surface area (Å²) in [7, 11) is -4.30. The minimum atomic E-state index is -4.30. The van der Waals surface area contributed by atoms with Gasteiger partial charge in [0.15, 0.2) is 0 Å². The van der Waals surface area contributed by atoms with Crippen molar-refractivity contribution in [3.8, 4) is 0 Å². The molecule has 0 radical (unpaired) electrons. The van der Waals surface area contributed by atoms with E-state index in [0.29, 0.717) is 5.69 Å². The van der Waals surface area contributed by atoms with E-state index in [1.54, 1.807) is 24.3 Å². The number of anilines is 1. The van der Waals surface area contributed by atoms with E-state index in [2.05, 4.69) is 4.72 Å². The van der Waals surface area contributed by atoms with Crippen molar-refractivity contribution in [1.29, 1.82) is 0 Å². The van der Waals surface area contributed by atoms with Crippen molar-refractivity contribution >= 4 is 21.4 Å². The zero-order valence-corrected chi connectivity index (χ0v) is 14.2. The van der Waals surface area contributed by atoms with Crippen LogP contribution in [0, 0.1) is 22.9 Å². The molecule has 0 saturated heterocycles. The number of aryl methyl sites for hydroxylation is 1. The molecule has 0 unspecified atom stereocenters. The van der Waals surface area contributed by atoms with Gasteiger partial charge in [-0.2, -0.15) is 0 Å².